The molecule has 2 aromatic heterocycles. The molecule has 1 N–H and O–H groups in total. The molecule has 4 aromatic rings. The first kappa shape index (κ1) is 20.6. The molecular weight excluding hydrogens is 406 g/mol. The van der Waals surface area contributed by atoms with Crippen LogP contribution in [0.4, 0.5) is 5.69 Å². The van der Waals surface area contributed by atoms with E-state index in [1.54, 1.807) is 35.9 Å². The Hall–Kier alpha value is -3.64. The highest BCUT2D eigenvalue weighted by atomic mass is 32.1. The van der Waals surface area contributed by atoms with Crippen LogP contribution in [0.1, 0.15) is 28.8 Å². The Morgan fingerprint density at radius 1 is 0.968 bits per heavy atom. The van der Waals surface area contributed by atoms with Crippen molar-refractivity contribution in [2.24, 2.45) is 0 Å². The second-order valence-corrected chi connectivity index (χ2v) is 8.06. The number of pyridine rings is 1. The Kier molecular flexibility index (Phi) is 6.29. The van der Waals surface area contributed by atoms with Crippen LogP contribution in [0.2, 0.25) is 0 Å². The van der Waals surface area contributed by atoms with Gasteiger partial charge in [-0.15, -0.1) is 11.3 Å². The third-order valence-electron chi connectivity index (χ3n) is 4.81. The number of aromatic nitrogens is 2. The zero-order valence-corrected chi connectivity index (χ0v) is 17.9. The highest BCUT2D eigenvalue weighted by Gasteiger charge is 2.11. The Morgan fingerprint density at radius 3 is 2.55 bits per heavy atom. The summed E-state index contributed by atoms with van der Waals surface area (Å²) >= 11 is 1.55. The summed E-state index contributed by atoms with van der Waals surface area (Å²) in [6, 6.07) is 18.8. The van der Waals surface area contributed by atoms with E-state index in [1.807, 2.05) is 60.8 Å². The molecule has 0 fully saturated rings. The van der Waals surface area contributed by atoms with Crippen molar-refractivity contribution in [3.63, 3.8) is 0 Å². The smallest absolute Gasteiger partial charge is 0.224 e. The highest BCUT2D eigenvalue weighted by Crippen LogP contribution is 2.29. The van der Waals surface area contributed by atoms with Crippen molar-refractivity contribution in [3.8, 4) is 21.8 Å². The normalized spacial score (nSPS) is 10.6. The molecule has 31 heavy (non-hydrogen) atoms. The maximum atomic E-state index is 12.4. The van der Waals surface area contributed by atoms with Gasteiger partial charge in [-0.3, -0.25) is 14.6 Å². The number of nitrogens with one attached hydrogen (secondary N) is 1. The lowest BCUT2D eigenvalue weighted by Crippen LogP contribution is -2.13. The largest absolute Gasteiger partial charge is 0.326 e. The summed E-state index contributed by atoms with van der Waals surface area (Å²) in [6.45, 7) is 1.97. The van der Waals surface area contributed by atoms with Gasteiger partial charge in [0, 0.05) is 53.0 Å². The lowest BCUT2D eigenvalue weighted by Gasteiger charge is -2.07. The molecule has 0 atom stereocenters. The van der Waals surface area contributed by atoms with Gasteiger partial charge in [-0.2, -0.15) is 0 Å². The van der Waals surface area contributed by atoms with E-state index in [4.69, 9.17) is 4.98 Å². The summed E-state index contributed by atoms with van der Waals surface area (Å²) in [7, 11) is 0. The Bertz CT molecular complexity index is 1200. The van der Waals surface area contributed by atoms with E-state index in [2.05, 4.69) is 10.3 Å². The molecule has 0 saturated carbocycles. The van der Waals surface area contributed by atoms with E-state index in [1.165, 1.54) is 0 Å². The molecule has 0 bridgehead atoms. The molecule has 154 valence electrons. The molecule has 0 aliphatic heterocycles. The molecule has 4 rings (SSSR count). The van der Waals surface area contributed by atoms with Crippen LogP contribution in [0.15, 0.2) is 78.4 Å². The second kappa shape index (κ2) is 9.45. The number of Topliss-reactive ketones (excluding diaryl/α,β-unsaturated/α-hetero) is 1. The minimum atomic E-state index is -0.188. The Balaban J connectivity index is 1.38. The number of benzene rings is 2. The molecule has 2 heterocycles. The summed E-state index contributed by atoms with van der Waals surface area (Å²) in [5.41, 5.74) is 5.15. The summed E-state index contributed by atoms with van der Waals surface area (Å²) in [4.78, 5) is 33.5. The van der Waals surface area contributed by atoms with Crippen LogP contribution < -0.4 is 5.32 Å². The van der Waals surface area contributed by atoms with Gasteiger partial charge in [-0.25, -0.2) is 4.98 Å². The van der Waals surface area contributed by atoms with Crippen LogP contribution in [-0.2, 0) is 4.79 Å². The monoisotopic (exact) mass is 427 g/mol. The molecule has 1 amide bonds. The average Bonchev–Trinajstić information content (AvgIpc) is 3.29. The van der Waals surface area contributed by atoms with Gasteiger partial charge in [0.05, 0.1) is 5.69 Å². The van der Waals surface area contributed by atoms with Crippen molar-refractivity contribution in [2.75, 3.05) is 5.32 Å². The van der Waals surface area contributed by atoms with E-state index in [-0.39, 0.29) is 24.5 Å². The van der Waals surface area contributed by atoms with Crippen molar-refractivity contribution in [3.05, 3.63) is 89.6 Å². The van der Waals surface area contributed by atoms with E-state index >= 15 is 0 Å². The third kappa shape index (κ3) is 5.29. The molecule has 0 radical (unpaired) electrons. The van der Waals surface area contributed by atoms with Crippen molar-refractivity contribution >= 4 is 28.7 Å². The number of aryl methyl sites for hydroxylation is 1. The van der Waals surface area contributed by atoms with Gasteiger partial charge in [-0.05, 0) is 31.2 Å². The molecule has 0 unspecified atom stereocenters. The zero-order chi connectivity index (χ0) is 21.6. The first-order valence-electron chi connectivity index (χ1n) is 9.94. The topological polar surface area (TPSA) is 72.0 Å². The molecule has 6 heteroatoms. The number of amides is 1. The minimum absolute atomic E-state index is 0.0331. The number of thiazole rings is 1. The minimum Gasteiger partial charge on any atom is -0.326 e. The fourth-order valence-electron chi connectivity index (χ4n) is 3.12. The van der Waals surface area contributed by atoms with Crippen LogP contribution in [0.5, 0.6) is 0 Å². The lowest BCUT2D eigenvalue weighted by atomic mass is 10.0. The van der Waals surface area contributed by atoms with Gasteiger partial charge in [0.2, 0.25) is 5.91 Å². The molecule has 2 aromatic carbocycles. The van der Waals surface area contributed by atoms with E-state index in [0.29, 0.717) is 11.3 Å². The molecule has 5 nitrogen and oxygen atoms in total. The number of rotatable bonds is 7. The number of carbonyl (C=O) groups is 2. The zero-order valence-electron chi connectivity index (χ0n) is 17.0. The summed E-state index contributed by atoms with van der Waals surface area (Å²) < 4.78 is 0. The first-order valence-corrected chi connectivity index (χ1v) is 10.8. The van der Waals surface area contributed by atoms with Crippen LogP contribution in [-0.4, -0.2) is 21.7 Å². The van der Waals surface area contributed by atoms with Crippen molar-refractivity contribution < 1.29 is 9.59 Å². The van der Waals surface area contributed by atoms with Gasteiger partial charge < -0.3 is 5.32 Å². The van der Waals surface area contributed by atoms with Gasteiger partial charge >= 0.3 is 0 Å². The number of hydrogen-bond donors (Lipinski definition) is 1. The Morgan fingerprint density at radius 2 is 1.77 bits per heavy atom. The van der Waals surface area contributed by atoms with Gasteiger partial charge in [0.1, 0.15) is 5.01 Å². The quantitative estimate of drug-likeness (QED) is 0.379. The lowest BCUT2D eigenvalue weighted by molar-refractivity contribution is -0.116. The summed E-state index contributed by atoms with van der Waals surface area (Å²) in [5, 5.41) is 5.77. The number of hydrogen-bond acceptors (Lipinski definition) is 5. The molecular formula is C25H21N3O2S. The fraction of sp³-hybridized carbons (Fsp3) is 0.120. The van der Waals surface area contributed by atoms with Gasteiger partial charge in [-0.1, -0.05) is 42.0 Å². The predicted octanol–water partition coefficient (Wildman–Crippen LogP) is 5.78. The molecule has 0 saturated heterocycles. The van der Waals surface area contributed by atoms with Crippen LogP contribution in [0, 0.1) is 6.92 Å². The fourth-order valence-corrected chi connectivity index (χ4v) is 3.94. The Labute approximate surface area is 184 Å². The highest BCUT2D eigenvalue weighted by molar-refractivity contribution is 7.13. The third-order valence-corrected chi connectivity index (χ3v) is 5.70. The van der Waals surface area contributed by atoms with E-state index in [0.717, 1.165) is 27.4 Å². The van der Waals surface area contributed by atoms with Crippen LogP contribution in [0.3, 0.4) is 0 Å². The first-order chi connectivity index (χ1) is 15.1. The van der Waals surface area contributed by atoms with Gasteiger partial charge in [0.15, 0.2) is 5.78 Å². The van der Waals surface area contributed by atoms with Crippen molar-refractivity contribution in [2.45, 2.75) is 19.8 Å². The van der Waals surface area contributed by atoms with Crippen molar-refractivity contribution in [1.29, 1.82) is 0 Å². The maximum Gasteiger partial charge on any atom is 0.224 e. The van der Waals surface area contributed by atoms with Crippen LogP contribution in [0.25, 0.3) is 21.8 Å². The SMILES string of the molecule is Cc1ccc(C(=O)CCC(=O)Nc2cccc(-c3csc(-c4cccnc4)n3)c2)cc1. The van der Waals surface area contributed by atoms with Crippen LogP contribution >= 0.6 is 11.3 Å². The van der Waals surface area contributed by atoms with E-state index in [9.17, 15) is 9.59 Å². The number of carbonyl (C=O) groups excluding carboxylic acids is 2. The standard InChI is InChI=1S/C25H21N3O2S/c1-17-7-9-18(10-8-17)23(29)11-12-24(30)27-21-6-2-4-19(14-21)22-16-31-25(28-22)20-5-3-13-26-15-20/h2-10,13-16H,11-12H2,1H3,(H,27,30). The number of anilines is 1. The van der Waals surface area contributed by atoms with E-state index < -0.39 is 0 Å². The predicted molar refractivity (Wildman–Crippen MR) is 124 cm³/mol. The molecule has 0 aliphatic carbocycles. The summed E-state index contributed by atoms with van der Waals surface area (Å²) in [5.74, 6) is -0.221. The second-order valence-electron chi connectivity index (χ2n) is 7.20. The molecule has 0 spiro atoms. The number of ketones is 1. The summed E-state index contributed by atoms with van der Waals surface area (Å²) in [6.07, 6.45) is 3.84. The maximum absolute atomic E-state index is 12.4. The van der Waals surface area contributed by atoms with Crippen molar-refractivity contribution in [1.82, 2.24) is 9.97 Å². The average molecular weight is 428 g/mol. The molecule has 0 aliphatic rings. The van der Waals surface area contributed by atoms with Gasteiger partial charge in [0.25, 0.3) is 0 Å². The number of nitrogens with zero attached hydrogens (tertiary/aromatic N) is 2.